The molecule has 0 aliphatic rings. The van der Waals surface area contributed by atoms with Gasteiger partial charge in [0.1, 0.15) is 6.61 Å². The number of methoxy groups -OCH3 is 1. The molecular formula is C17H29NO3. The Labute approximate surface area is 128 Å². The summed E-state index contributed by atoms with van der Waals surface area (Å²) in [5.74, 6) is 1.39. The van der Waals surface area contributed by atoms with E-state index in [0.717, 1.165) is 25.1 Å². The van der Waals surface area contributed by atoms with Gasteiger partial charge in [0.25, 0.3) is 0 Å². The van der Waals surface area contributed by atoms with Crippen LogP contribution in [0.5, 0.6) is 11.5 Å². The highest BCUT2D eigenvalue weighted by Gasteiger charge is 2.23. The first-order chi connectivity index (χ1) is 10.1. The number of benzene rings is 1. The summed E-state index contributed by atoms with van der Waals surface area (Å²) in [7, 11) is 1.63. The Morgan fingerprint density at radius 3 is 2.43 bits per heavy atom. The number of aliphatic hydroxyl groups is 1. The maximum atomic E-state index is 10.3. The minimum atomic E-state index is -0.776. The number of hydrogen-bond acceptors (Lipinski definition) is 4. The molecule has 1 rings (SSSR count). The van der Waals surface area contributed by atoms with Gasteiger partial charge in [-0.05, 0) is 43.5 Å². The summed E-state index contributed by atoms with van der Waals surface area (Å²) >= 11 is 0. The Kier molecular flexibility index (Phi) is 7.54. The smallest absolute Gasteiger partial charge is 0.161 e. The first kappa shape index (κ1) is 17.8. The number of ether oxygens (including phenoxy) is 2. The van der Waals surface area contributed by atoms with Crippen LogP contribution in [0.1, 0.15) is 45.6 Å². The van der Waals surface area contributed by atoms with Gasteiger partial charge in [-0.25, -0.2) is 0 Å². The molecule has 0 amide bonds. The molecule has 0 aliphatic carbocycles. The van der Waals surface area contributed by atoms with Crippen LogP contribution in [0.4, 0.5) is 0 Å². The quantitative estimate of drug-likeness (QED) is 0.651. The molecule has 4 heteroatoms. The van der Waals surface area contributed by atoms with Crippen molar-refractivity contribution in [3.8, 4) is 11.5 Å². The lowest BCUT2D eigenvalue weighted by molar-refractivity contribution is -0.0119. The molecule has 4 nitrogen and oxygen atoms in total. The van der Waals surface area contributed by atoms with Crippen LogP contribution in [0.3, 0.4) is 0 Å². The average Bonchev–Trinajstić information content (AvgIpc) is 2.53. The molecule has 0 atom stereocenters. The van der Waals surface area contributed by atoms with Crippen molar-refractivity contribution < 1.29 is 14.6 Å². The summed E-state index contributed by atoms with van der Waals surface area (Å²) in [6.45, 7) is 8.16. The van der Waals surface area contributed by atoms with Gasteiger partial charge >= 0.3 is 0 Å². The van der Waals surface area contributed by atoms with Crippen molar-refractivity contribution in [3.63, 3.8) is 0 Å². The molecule has 0 bridgehead atoms. The number of rotatable bonds is 10. The highest BCUT2D eigenvalue weighted by atomic mass is 16.5. The highest BCUT2D eigenvalue weighted by Crippen LogP contribution is 2.29. The molecule has 0 aromatic heterocycles. The minimum absolute atomic E-state index is 0.280. The largest absolute Gasteiger partial charge is 0.493 e. The van der Waals surface area contributed by atoms with Gasteiger partial charge in [0.05, 0.1) is 12.7 Å². The van der Waals surface area contributed by atoms with E-state index in [1.165, 1.54) is 0 Å². The van der Waals surface area contributed by atoms with Gasteiger partial charge in [-0.15, -0.1) is 0 Å². The van der Waals surface area contributed by atoms with E-state index in [-0.39, 0.29) is 6.61 Å². The SMILES string of the molecule is CCCNCc1ccc(OC)c(OCC(O)(CC)CC)c1. The standard InChI is InChI=1S/C17H29NO3/c1-5-10-18-12-14-8-9-15(20-4)16(11-14)21-13-17(19,6-2)7-3/h8-9,11,18-19H,5-7,10,12-13H2,1-4H3. The van der Waals surface area contributed by atoms with Crippen molar-refractivity contribution in [2.75, 3.05) is 20.3 Å². The summed E-state index contributed by atoms with van der Waals surface area (Å²) < 4.78 is 11.2. The third kappa shape index (κ3) is 5.56. The Morgan fingerprint density at radius 1 is 1.14 bits per heavy atom. The van der Waals surface area contributed by atoms with Crippen LogP contribution in [-0.2, 0) is 6.54 Å². The summed E-state index contributed by atoms with van der Waals surface area (Å²) in [5.41, 5.74) is 0.373. The third-order valence-corrected chi connectivity index (χ3v) is 3.80. The molecule has 0 saturated carbocycles. The lowest BCUT2D eigenvalue weighted by Crippen LogP contribution is -2.34. The van der Waals surface area contributed by atoms with Crippen LogP contribution in [-0.4, -0.2) is 31.0 Å². The molecular weight excluding hydrogens is 266 g/mol. The second-order valence-electron chi connectivity index (χ2n) is 5.38. The van der Waals surface area contributed by atoms with Crippen molar-refractivity contribution in [2.45, 2.75) is 52.2 Å². The van der Waals surface area contributed by atoms with E-state index in [2.05, 4.69) is 12.2 Å². The van der Waals surface area contributed by atoms with Gasteiger partial charge < -0.3 is 19.9 Å². The predicted octanol–water partition coefficient (Wildman–Crippen LogP) is 3.12. The maximum absolute atomic E-state index is 10.3. The molecule has 21 heavy (non-hydrogen) atoms. The first-order valence-corrected chi connectivity index (χ1v) is 7.81. The summed E-state index contributed by atoms with van der Waals surface area (Å²) in [5, 5.41) is 13.7. The molecule has 1 aromatic carbocycles. The lowest BCUT2D eigenvalue weighted by Gasteiger charge is -2.25. The van der Waals surface area contributed by atoms with Crippen molar-refractivity contribution in [2.24, 2.45) is 0 Å². The molecule has 0 aliphatic heterocycles. The van der Waals surface area contributed by atoms with E-state index in [9.17, 15) is 5.11 Å². The van der Waals surface area contributed by atoms with Crippen molar-refractivity contribution in [1.29, 1.82) is 0 Å². The Balaban J connectivity index is 2.75. The monoisotopic (exact) mass is 295 g/mol. The number of nitrogens with one attached hydrogen (secondary N) is 1. The van der Waals surface area contributed by atoms with E-state index < -0.39 is 5.60 Å². The second kappa shape index (κ2) is 8.90. The normalized spacial score (nSPS) is 11.5. The lowest BCUT2D eigenvalue weighted by atomic mass is 9.99. The van der Waals surface area contributed by atoms with Crippen molar-refractivity contribution in [3.05, 3.63) is 23.8 Å². The van der Waals surface area contributed by atoms with Gasteiger partial charge in [0.2, 0.25) is 0 Å². The van der Waals surface area contributed by atoms with Gasteiger partial charge in [0.15, 0.2) is 11.5 Å². The van der Waals surface area contributed by atoms with Gasteiger partial charge in [-0.1, -0.05) is 26.8 Å². The average molecular weight is 295 g/mol. The molecule has 1 aromatic rings. The minimum Gasteiger partial charge on any atom is -0.493 e. The van der Waals surface area contributed by atoms with Gasteiger partial charge in [-0.2, -0.15) is 0 Å². The predicted molar refractivity (Wildman–Crippen MR) is 86.0 cm³/mol. The highest BCUT2D eigenvalue weighted by molar-refractivity contribution is 5.43. The topological polar surface area (TPSA) is 50.7 Å². The van der Waals surface area contributed by atoms with Gasteiger partial charge in [-0.3, -0.25) is 0 Å². The fraction of sp³-hybridized carbons (Fsp3) is 0.647. The van der Waals surface area contributed by atoms with E-state index in [0.29, 0.717) is 24.3 Å². The molecule has 120 valence electrons. The van der Waals surface area contributed by atoms with Crippen LogP contribution in [0, 0.1) is 0 Å². The molecule has 0 unspecified atom stereocenters. The summed E-state index contributed by atoms with van der Waals surface area (Å²) in [6, 6.07) is 5.92. The first-order valence-electron chi connectivity index (χ1n) is 7.81. The third-order valence-electron chi connectivity index (χ3n) is 3.80. The summed E-state index contributed by atoms with van der Waals surface area (Å²) in [4.78, 5) is 0. The molecule has 2 N–H and O–H groups in total. The fourth-order valence-electron chi connectivity index (χ4n) is 2.02. The zero-order chi connectivity index (χ0) is 15.7. The van der Waals surface area contributed by atoms with Crippen LogP contribution in [0.25, 0.3) is 0 Å². The van der Waals surface area contributed by atoms with E-state index >= 15 is 0 Å². The number of hydrogen-bond donors (Lipinski definition) is 2. The van der Waals surface area contributed by atoms with Gasteiger partial charge in [0, 0.05) is 6.54 Å². The molecule has 0 heterocycles. The molecule has 0 radical (unpaired) electrons. The van der Waals surface area contributed by atoms with Crippen LogP contribution >= 0.6 is 0 Å². The Bertz CT molecular complexity index is 416. The Morgan fingerprint density at radius 2 is 1.86 bits per heavy atom. The molecule has 0 fully saturated rings. The fourth-order valence-corrected chi connectivity index (χ4v) is 2.02. The summed E-state index contributed by atoms with van der Waals surface area (Å²) in [6.07, 6.45) is 2.45. The Hall–Kier alpha value is -1.26. The van der Waals surface area contributed by atoms with Crippen LogP contribution < -0.4 is 14.8 Å². The maximum Gasteiger partial charge on any atom is 0.161 e. The zero-order valence-corrected chi connectivity index (χ0v) is 13.7. The van der Waals surface area contributed by atoms with E-state index in [4.69, 9.17) is 9.47 Å². The molecule has 0 saturated heterocycles. The van der Waals surface area contributed by atoms with Crippen LogP contribution in [0.2, 0.25) is 0 Å². The van der Waals surface area contributed by atoms with Crippen LogP contribution in [0.15, 0.2) is 18.2 Å². The van der Waals surface area contributed by atoms with Crippen molar-refractivity contribution >= 4 is 0 Å². The molecule has 0 spiro atoms. The zero-order valence-electron chi connectivity index (χ0n) is 13.7. The second-order valence-corrected chi connectivity index (χ2v) is 5.38. The van der Waals surface area contributed by atoms with E-state index in [1.807, 2.05) is 32.0 Å². The van der Waals surface area contributed by atoms with Crippen molar-refractivity contribution in [1.82, 2.24) is 5.32 Å². The van der Waals surface area contributed by atoms with E-state index in [1.54, 1.807) is 7.11 Å².